The first-order valence-electron chi connectivity index (χ1n) is 8.46. The number of carbonyl (C=O) groups is 4. The Morgan fingerprint density at radius 1 is 0.769 bits per heavy atom. The standard InChI is InChI=1S/C16H28N4O6/c1-11(15(23)25-3)17-13(21)9-19-5-7-20(8-6-19)10-14(22)18-12(2)16(24)26-4/h11-12H,5-10H2,1-4H3,(H,17,21)(H,18,22)/t11-,12-/m0/s1. The van der Waals surface area contributed by atoms with Crippen molar-refractivity contribution in [2.75, 3.05) is 53.5 Å². The largest absolute Gasteiger partial charge is 0.467 e. The Labute approximate surface area is 153 Å². The monoisotopic (exact) mass is 372 g/mol. The van der Waals surface area contributed by atoms with Crippen LogP contribution in [0.2, 0.25) is 0 Å². The van der Waals surface area contributed by atoms with Crippen molar-refractivity contribution in [2.24, 2.45) is 0 Å². The predicted octanol–water partition coefficient (Wildman–Crippen LogP) is -2.04. The number of piperazine rings is 1. The lowest BCUT2D eigenvalue weighted by atomic mass is 10.2. The van der Waals surface area contributed by atoms with Crippen molar-refractivity contribution in [2.45, 2.75) is 25.9 Å². The molecule has 0 aromatic carbocycles. The lowest BCUT2D eigenvalue weighted by Gasteiger charge is -2.34. The number of ether oxygens (including phenoxy) is 2. The van der Waals surface area contributed by atoms with Crippen molar-refractivity contribution in [3.8, 4) is 0 Å². The Morgan fingerprint density at radius 2 is 1.08 bits per heavy atom. The summed E-state index contributed by atoms with van der Waals surface area (Å²) < 4.78 is 9.12. The maximum absolute atomic E-state index is 11.9. The summed E-state index contributed by atoms with van der Waals surface area (Å²) in [5.74, 6) is -1.48. The Hall–Kier alpha value is -2.20. The molecule has 2 N–H and O–H groups in total. The van der Waals surface area contributed by atoms with Gasteiger partial charge in [0.2, 0.25) is 11.8 Å². The molecule has 1 heterocycles. The molecular weight excluding hydrogens is 344 g/mol. The van der Waals surface area contributed by atoms with Gasteiger partial charge in [-0.2, -0.15) is 0 Å². The molecule has 1 fully saturated rings. The Morgan fingerprint density at radius 3 is 1.35 bits per heavy atom. The van der Waals surface area contributed by atoms with Gasteiger partial charge in [-0.05, 0) is 13.8 Å². The molecule has 0 aliphatic carbocycles. The second kappa shape index (κ2) is 10.7. The molecule has 1 aliphatic heterocycles. The molecule has 10 nitrogen and oxygen atoms in total. The zero-order valence-electron chi connectivity index (χ0n) is 15.7. The second-order valence-corrected chi connectivity index (χ2v) is 6.18. The van der Waals surface area contributed by atoms with Crippen LogP contribution in [0.5, 0.6) is 0 Å². The van der Waals surface area contributed by atoms with Gasteiger partial charge in [0.05, 0.1) is 27.3 Å². The lowest BCUT2D eigenvalue weighted by Crippen LogP contribution is -2.53. The highest BCUT2D eigenvalue weighted by molar-refractivity contribution is 5.85. The normalized spacial score (nSPS) is 17.7. The van der Waals surface area contributed by atoms with Gasteiger partial charge in [-0.15, -0.1) is 0 Å². The van der Waals surface area contributed by atoms with Gasteiger partial charge in [0, 0.05) is 26.2 Å². The van der Waals surface area contributed by atoms with Gasteiger partial charge in [-0.3, -0.25) is 19.4 Å². The minimum atomic E-state index is -0.686. The van der Waals surface area contributed by atoms with Gasteiger partial charge in [0.25, 0.3) is 0 Å². The average Bonchev–Trinajstić information content (AvgIpc) is 2.61. The number of nitrogens with one attached hydrogen (secondary N) is 2. The molecule has 10 heteroatoms. The molecule has 0 saturated carbocycles. The Kier molecular flexibility index (Phi) is 9.00. The van der Waals surface area contributed by atoms with Crippen LogP contribution >= 0.6 is 0 Å². The minimum Gasteiger partial charge on any atom is -0.467 e. The molecule has 0 bridgehead atoms. The van der Waals surface area contributed by atoms with E-state index in [2.05, 4.69) is 20.1 Å². The number of esters is 2. The van der Waals surface area contributed by atoms with E-state index in [4.69, 9.17) is 0 Å². The Bertz CT molecular complexity index is 473. The van der Waals surface area contributed by atoms with E-state index in [1.54, 1.807) is 13.8 Å². The Balaban J connectivity index is 2.29. The van der Waals surface area contributed by atoms with Gasteiger partial charge < -0.3 is 20.1 Å². The summed E-state index contributed by atoms with van der Waals surface area (Å²) >= 11 is 0. The van der Waals surface area contributed by atoms with Gasteiger partial charge in [-0.25, -0.2) is 9.59 Å². The third-order valence-electron chi connectivity index (χ3n) is 4.06. The molecular formula is C16H28N4O6. The lowest BCUT2D eigenvalue weighted by molar-refractivity contribution is -0.145. The first-order chi connectivity index (χ1) is 12.3. The summed E-state index contributed by atoms with van der Waals surface area (Å²) in [6.07, 6.45) is 0. The fraction of sp³-hybridized carbons (Fsp3) is 0.750. The van der Waals surface area contributed by atoms with E-state index in [1.807, 2.05) is 9.80 Å². The van der Waals surface area contributed by atoms with Crippen LogP contribution in [0.3, 0.4) is 0 Å². The SMILES string of the molecule is COC(=O)[C@H](C)NC(=O)CN1CCN(CC(=O)N[C@@H](C)C(=O)OC)CC1. The van der Waals surface area contributed by atoms with Crippen LogP contribution in [0.1, 0.15) is 13.8 Å². The maximum atomic E-state index is 11.9. The molecule has 0 aromatic heterocycles. The summed E-state index contributed by atoms with van der Waals surface area (Å²) in [6, 6.07) is -1.37. The molecule has 1 aliphatic rings. The zero-order chi connectivity index (χ0) is 19.7. The van der Waals surface area contributed by atoms with E-state index in [1.165, 1.54) is 14.2 Å². The van der Waals surface area contributed by atoms with Crippen LogP contribution in [0.4, 0.5) is 0 Å². The zero-order valence-corrected chi connectivity index (χ0v) is 15.7. The molecule has 0 spiro atoms. The fourth-order valence-corrected chi connectivity index (χ4v) is 2.56. The number of hydrogen-bond acceptors (Lipinski definition) is 8. The topological polar surface area (TPSA) is 117 Å². The van der Waals surface area contributed by atoms with E-state index >= 15 is 0 Å². The van der Waals surface area contributed by atoms with Crippen LogP contribution in [0, 0.1) is 0 Å². The van der Waals surface area contributed by atoms with Gasteiger partial charge >= 0.3 is 11.9 Å². The molecule has 0 aromatic rings. The molecule has 26 heavy (non-hydrogen) atoms. The van der Waals surface area contributed by atoms with E-state index in [0.717, 1.165) is 0 Å². The first-order valence-corrected chi connectivity index (χ1v) is 8.46. The first kappa shape index (κ1) is 21.8. The predicted molar refractivity (Wildman–Crippen MR) is 92.1 cm³/mol. The molecule has 0 radical (unpaired) electrons. The van der Waals surface area contributed by atoms with Crippen LogP contribution in [-0.2, 0) is 28.7 Å². The highest BCUT2D eigenvalue weighted by Gasteiger charge is 2.23. The molecule has 2 amide bonds. The van der Waals surface area contributed by atoms with Crippen molar-refractivity contribution in [3.63, 3.8) is 0 Å². The summed E-state index contributed by atoms with van der Waals surface area (Å²) in [5.41, 5.74) is 0. The van der Waals surface area contributed by atoms with Crippen molar-refractivity contribution in [1.82, 2.24) is 20.4 Å². The summed E-state index contributed by atoms with van der Waals surface area (Å²) in [7, 11) is 2.54. The van der Waals surface area contributed by atoms with E-state index in [0.29, 0.717) is 26.2 Å². The number of amides is 2. The van der Waals surface area contributed by atoms with E-state index < -0.39 is 24.0 Å². The third-order valence-corrected chi connectivity index (χ3v) is 4.06. The van der Waals surface area contributed by atoms with Crippen LogP contribution in [-0.4, -0.2) is 99.1 Å². The number of carbonyl (C=O) groups excluding carboxylic acids is 4. The van der Waals surface area contributed by atoms with Crippen LogP contribution in [0.25, 0.3) is 0 Å². The number of nitrogens with zero attached hydrogens (tertiary/aromatic N) is 2. The van der Waals surface area contributed by atoms with Crippen molar-refractivity contribution >= 4 is 23.8 Å². The third kappa shape index (κ3) is 7.36. The molecule has 148 valence electrons. The number of methoxy groups -OCH3 is 2. The van der Waals surface area contributed by atoms with Gasteiger partial charge in [-0.1, -0.05) is 0 Å². The highest BCUT2D eigenvalue weighted by Crippen LogP contribution is 2.01. The second-order valence-electron chi connectivity index (χ2n) is 6.18. The minimum absolute atomic E-state index is 0.181. The van der Waals surface area contributed by atoms with E-state index in [9.17, 15) is 19.2 Å². The average molecular weight is 372 g/mol. The molecule has 1 rings (SSSR count). The summed E-state index contributed by atoms with van der Waals surface area (Å²) in [5, 5.41) is 5.16. The fourth-order valence-electron chi connectivity index (χ4n) is 2.56. The molecule has 0 unspecified atom stereocenters. The number of hydrogen-bond donors (Lipinski definition) is 2. The van der Waals surface area contributed by atoms with Crippen molar-refractivity contribution in [3.05, 3.63) is 0 Å². The van der Waals surface area contributed by atoms with Crippen LogP contribution in [0.15, 0.2) is 0 Å². The van der Waals surface area contributed by atoms with E-state index in [-0.39, 0.29) is 24.9 Å². The summed E-state index contributed by atoms with van der Waals surface area (Å²) in [6.45, 7) is 5.99. The maximum Gasteiger partial charge on any atom is 0.328 e. The molecule has 2 atom stereocenters. The van der Waals surface area contributed by atoms with Crippen molar-refractivity contribution in [1.29, 1.82) is 0 Å². The van der Waals surface area contributed by atoms with Gasteiger partial charge in [0.15, 0.2) is 0 Å². The molecule has 1 saturated heterocycles. The number of rotatable bonds is 8. The quantitative estimate of drug-likeness (QED) is 0.468. The summed E-state index contributed by atoms with van der Waals surface area (Å²) in [4.78, 5) is 50.4. The van der Waals surface area contributed by atoms with Crippen LogP contribution < -0.4 is 10.6 Å². The van der Waals surface area contributed by atoms with Crippen molar-refractivity contribution < 1.29 is 28.7 Å². The highest BCUT2D eigenvalue weighted by atomic mass is 16.5. The van der Waals surface area contributed by atoms with Gasteiger partial charge in [0.1, 0.15) is 12.1 Å². The smallest absolute Gasteiger partial charge is 0.328 e.